The normalized spacial score (nSPS) is 45.7. The van der Waals surface area contributed by atoms with Crippen molar-refractivity contribution in [2.45, 2.75) is 111 Å². The minimum absolute atomic E-state index is 0.0959. The molecule has 0 aromatic rings. The van der Waals surface area contributed by atoms with Crippen LogP contribution >= 0.6 is 0 Å². The molecule has 0 aromatic heterocycles. The van der Waals surface area contributed by atoms with Gasteiger partial charge in [-0.25, -0.2) is 0 Å². The zero-order chi connectivity index (χ0) is 21.8. The Morgan fingerprint density at radius 1 is 0.933 bits per heavy atom. The number of hydrogen-bond acceptors (Lipinski definition) is 3. The standard InChI is InChI=1S/C27H46O3/c1-16(2)24(29)9-6-17(3)20-7-8-21-19-15-25(30)23-14-18(28)10-12-27(23,5)22(19)11-13-26(20,21)4/h16-22,24,28-30H,6-15H2,1-5H3/t17-,18+,19?,20-,21?,22?,24+,26-,27-/m1/s1. The zero-order valence-electron chi connectivity index (χ0n) is 20.0. The average molecular weight is 419 g/mol. The van der Waals surface area contributed by atoms with Crippen molar-refractivity contribution in [2.75, 3.05) is 0 Å². The van der Waals surface area contributed by atoms with E-state index in [1.165, 1.54) is 31.3 Å². The van der Waals surface area contributed by atoms with E-state index in [2.05, 4.69) is 34.6 Å². The fraction of sp³-hybridized carbons (Fsp3) is 0.926. The van der Waals surface area contributed by atoms with Gasteiger partial charge in [-0.05, 0) is 110 Å². The summed E-state index contributed by atoms with van der Waals surface area (Å²) in [5, 5.41) is 31.6. The van der Waals surface area contributed by atoms with Crippen LogP contribution < -0.4 is 0 Å². The predicted molar refractivity (Wildman–Crippen MR) is 122 cm³/mol. The Kier molecular flexibility index (Phi) is 6.12. The molecule has 0 spiro atoms. The van der Waals surface area contributed by atoms with Gasteiger partial charge in [0.05, 0.1) is 18.0 Å². The summed E-state index contributed by atoms with van der Waals surface area (Å²) in [6, 6.07) is 0. The third kappa shape index (κ3) is 3.56. The Hall–Kier alpha value is -0.540. The average Bonchev–Trinajstić information content (AvgIpc) is 3.04. The quantitative estimate of drug-likeness (QED) is 0.495. The van der Waals surface area contributed by atoms with Crippen molar-refractivity contribution in [3.8, 4) is 0 Å². The van der Waals surface area contributed by atoms with Crippen LogP contribution in [0.5, 0.6) is 0 Å². The number of allylic oxidation sites excluding steroid dienone is 1. The minimum atomic E-state index is -0.265. The first-order valence-corrected chi connectivity index (χ1v) is 12.9. The molecule has 3 heteroatoms. The maximum absolute atomic E-state index is 11.0. The van der Waals surface area contributed by atoms with Gasteiger partial charge in [-0.2, -0.15) is 0 Å². The largest absolute Gasteiger partial charge is 0.512 e. The van der Waals surface area contributed by atoms with E-state index < -0.39 is 0 Å². The number of aliphatic hydroxyl groups is 3. The van der Waals surface area contributed by atoms with Gasteiger partial charge in [-0.1, -0.05) is 34.6 Å². The maximum Gasteiger partial charge on any atom is 0.0924 e. The van der Waals surface area contributed by atoms with E-state index in [-0.39, 0.29) is 17.6 Å². The highest BCUT2D eigenvalue weighted by Crippen LogP contribution is 2.68. The van der Waals surface area contributed by atoms with Crippen LogP contribution in [-0.4, -0.2) is 27.5 Å². The summed E-state index contributed by atoms with van der Waals surface area (Å²) < 4.78 is 0. The first-order chi connectivity index (χ1) is 14.1. The third-order valence-electron chi connectivity index (χ3n) is 10.6. The van der Waals surface area contributed by atoms with E-state index in [1.807, 2.05) is 0 Å². The van der Waals surface area contributed by atoms with Crippen LogP contribution in [0.3, 0.4) is 0 Å². The van der Waals surface area contributed by atoms with Crippen molar-refractivity contribution < 1.29 is 15.3 Å². The lowest BCUT2D eigenvalue weighted by Crippen LogP contribution is -2.51. The van der Waals surface area contributed by atoms with Crippen molar-refractivity contribution in [3.63, 3.8) is 0 Å². The Labute approximate surface area is 184 Å². The Morgan fingerprint density at radius 2 is 1.67 bits per heavy atom. The van der Waals surface area contributed by atoms with Gasteiger partial charge in [-0.3, -0.25) is 0 Å². The molecule has 0 radical (unpaired) electrons. The highest BCUT2D eigenvalue weighted by Gasteiger charge is 2.60. The molecular formula is C27H46O3. The number of rotatable bonds is 5. The van der Waals surface area contributed by atoms with E-state index in [0.717, 1.165) is 38.0 Å². The number of aliphatic hydroxyl groups excluding tert-OH is 3. The van der Waals surface area contributed by atoms with E-state index in [0.29, 0.717) is 47.2 Å². The van der Waals surface area contributed by atoms with Crippen molar-refractivity contribution in [1.82, 2.24) is 0 Å². The summed E-state index contributed by atoms with van der Waals surface area (Å²) in [4.78, 5) is 0. The van der Waals surface area contributed by atoms with Crippen LogP contribution in [-0.2, 0) is 0 Å². The summed E-state index contributed by atoms with van der Waals surface area (Å²) in [5.74, 6) is 4.37. The molecule has 0 aliphatic heterocycles. The highest BCUT2D eigenvalue weighted by molar-refractivity contribution is 5.28. The van der Waals surface area contributed by atoms with E-state index in [4.69, 9.17) is 0 Å². The molecular weight excluding hydrogens is 372 g/mol. The molecule has 3 unspecified atom stereocenters. The monoisotopic (exact) mass is 418 g/mol. The molecule has 4 aliphatic rings. The van der Waals surface area contributed by atoms with Crippen LogP contribution in [0, 0.1) is 46.3 Å². The second kappa shape index (κ2) is 8.10. The smallest absolute Gasteiger partial charge is 0.0924 e. The Morgan fingerprint density at radius 3 is 2.37 bits per heavy atom. The Bertz CT molecular complexity index is 669. The van der Waals surface area contributed by atoms with Gasteiger partial charge in [0.25, 0.3) is 0 Å². The summed E-state index contributed by atoms with van der Waals surface area (Å²) >= 11 is 0. The number of fused-ring (bicyclic) bond motifs is 5. The lowest BCUT2D eigenvalue weighted by atomic mass is 9.46. The van der Waals surface area contributed by atoms with Crippen LogP contribution in [0.4, 0.5) is 0 Å². The van der Waals surface area contributed by atoms with E-state index in [9.17, 15) is 15.3 Å². The van der Waals surface area contributed by atoms with E-state index in [1.54, 1.807) is 0 Å². The van der Waals surface area contributed by atoms with Gasteiger partial charge < -0.3 is 15.3 Å². The van der Waals surface area contributed by atoms with Crippen LogP contribution in [0.15, 0.2) is 11.3 Å². The highest BCUT2D eigenvalue weighted by atomic mass is 16.3. The van der Waals surface area contributed by atoms with Gasteiger partial charge in [0.1, 0.15) is 0 Å². The molecule has 0 saturated heterocycles. The van der Waals surface area contributed by atoms with E-state index >= 15 is 0 Å². The molecule has 3 N–H and O–H groups in total. The van der Waals surface area contributed by atoms with Crippen molar-refractivity contribution in [3.05, 3.63) is 11.3 Å². The topological polar surface area (TPSA) is 60.7 Å². The summed E-state index contributed by atoms with van der Waals surface area (Å²) in [5.41, 5.74) is 1.67. The van der Waals surface area contributed by atoms with Crippen molar-refractivity contribution in [1.29, 1.82) is 0 Å². The molecule has 9 atom stereocenters. The molecule has 3 nitrogen and oxygen atoms in total. The van der Waals surface area contributed by atoms with Crippen LogP contribution in [0.25, 0.3) is 0 Å². The fourth-order valence-corrected chi connectivity index (χ4v) is 8.70. The Balaban J connectivity index is 1.52. The van der Waals surface area contributed by atoms with Crippen molar-refractivity contribution in [2.24, 2.45) is 46.3 Å². The molecule has 4 rings (SSSR count). The lowest BCUT2D eigenvalue weighted by Gasteiger charge is -2.58. The van der Waals surface area contributed by atoms with Gasteiger partial charge in [0.15, 0.2) is 0 Å². The molecule has 0 amide bonds. The molecule has 172 valence electrons. The zero-order valence-corrected chi connectivity index (χ0v) is 20.0. The first-order valence-electron chi connectivity index (χ1n) is 12.9. The van der Waals surface area contributed by atoms with Crippen LogP contribution in [0.2, 0.25) is 0 Å². The molecule has 3 saturated carbocycles. The third-order valence-corrected chi connectivity index (χ3v) is 10.6. The van der Waals surface area contributed by atoms with Gasteiger partial charge >= 0.3 is 0 Å². The van der Waals surface area contributed by atoms with Gasteiger partial charge in [-0.15, -0.1) is 0 Å². The molecule has 0 heterocycles. The summed E-state index contributed by atoms with van der Waals surface area (Å²) in [6.45, 7) is 11.6. The predicted octanol–water partition coefficient (Wildman–Crippen LogP) is 6.25. The van der Waals surface area contributed by atoms with Crippen molar-refractivity contribution >= 4 is 0 Å². The first kappa shape index (κ1) is 22.6. The molecule has 0 aromatic carbocycles. The molecule has 0 bridgehead atoms. The van der Waals surface area contributed by atoms with Crippen LogP contribution in [0.1, 0.15) is 98.8 Å². The second-order valence-corrected chi connectivity index (χ2v) is 12.4. The molecule has 3 fully saturated rings. The minimum Gasteiger partial charge on any atom is -0.512 e. The fourth-order valence-electron chi connectivity index (χ4n) is 8.70. The van der Waals surface area contributed by atoms with Gasteiger partial charge in [0, 0.05) is 6.42 Å². The van der Waals surface area contributed by atoms with Gasteiger partial charge in [0.2, 0.25) is 0 Å². The molecule has 4 aliphatic carbocycles. The summed E-state index contributed by atoms with van der Waals surface area (Å²) in [6.07, 6.45) is 10.3. The lowest BCUT2D eigenvalue weighted by molar-refractivity contribution is -0.0669. The molecule has 30 heavy (non-hydrogen) atoms. The summed E-state index contributed by atoms with van der Waals surface area (Å²) in [7, 11) is 0. The maximum atomic E-state index is 11.0. The second-order valence-electron chi connectivity index (χ2n) is 12.4. The number of hydrogen-bond donors (Lipinski definition) is 3. The SMILES string of the molecule is CC(C)[C@@H](O)CC[C@@H](C)[C@H]1CCC2C3CC(O)=C4C[C@@H](O)CC[C@]4(C)C3CC[C@@]21C.